The van der Waals surface area contributed by atoms with Gasteiger partial charge in [0.25, 0.3) is 0 Å². The van der Waals surface area contributed by atoms with E-state index in [1.165, 1.54) is 0 Å². The molecule has 2 heterocycles. The van der Waals surface area contributed by atoms with E-state index >= 15 is 0 Å². The number of nitrogens with zero attached hydrogens (tertiary/aromatic N) is 4. The highest BCUT2D eigenvalue weighted by Crippen LogP contribution is 2.30. The van der Waals surface area contributed by atoms with E-state index in [9.17, 15) is 9.90 Å². The van der Waals surface area contributed by atoms with Crippen LogP contribution in [0.1, 0.15) is 67.1 Å². The molecule has 0 unspecified atom stereocenters. The van der Waals surface area contributed by atoms with E-state index in [1.54, 1.807) is 38.6 Å². The van der Waals surface area contributed by atoms with Crippen LogP contribution >= 0.6 is 0 Å². The van der Waals surface area contributed by atoms with Gasteiger partial charge in [0, 0.05) is 38.8 Å². The number of carbonyl (C=O) groups is 1. The summed E-state index contributed by atoms with van der Waals surface area (Å²) < 4.78 is 13.4. The van der Waals surface area contributed by atoms with Crippen LogP contribution in [0, 0.1) is 0 Å². The van der Waals surface area contributed by atoms with E-state index in [2.05, 4.69) is 18.8 Å². The van der Waals surface area contributed by atoms with Gasteiger partial charge in [-0.2, -0.15) is 0 Å². The first-order valence-electron chi connectivity index (χ1n) is 11.3. The summed E-state index contributed by atoms with van der Waals surface area (Å²) in [7, 11) is 3.24. The van der Waals surface area contributed by atoms with Crippen molar-refractivity contribution < 1.29 is 19.4 Å². The number of pyridine rings is 1. The molecular formula is C25H32N4O4. The Morgan fingerprint density at radius 1 is 1.09 bits per heavy atom. The molecule has 0 fully saturated rings. The Morgan fingerprint density at radius 3 is 2.45 bits per heavy atom. The summed E-state index contributed by atoms with van der Waals surface area (Å²) >= 11 is 0. The predicted octanol–water partition coefficient (Wildman–Crippen LogP) is 4.67. The Morgan fingerprint density at radius 2 is 1.85 bits per heavy atom. The number of carboxylic acids is 1. The lowest BCUT2D eigenvalue weighted by Gasteiger charge is -2.27. The van der Waals surface area contributed by atoms with Crippen LogP contribution in [0.2, 0.25) is 0 Å². The van der Waals surface area contributed by atoms with Crippen LogP contribution in [0.25, 0.3) is 11.3 Å². The molecule has 1 N–H and O–H groups in total. The SMILES string of the molecule is CCCCC(OC)(OC)c1nc(CCC)n(Cc2ccc(-c3ccccc3C(=O)O)nc2)n1. The molecule has 1 aromatic carbocycles. The summed E-state index contributed by atoms with van der Waals surface area (Å²) in [6.45, 7) is 4.72. The molecule has 3 aromatic rings. The standard InChI is InChI=1S/C25H32N4O4/c1-5-7-15-25(32-3,33-4)24-27-22(10-6-2)29(28-24)17-18-13-14-21(26-16-18)19-11-8-9-12-20(19)23(30)31/h8-9,11-14,16H,5-7,10,15,17H2,1-4H3,(H,30,31). The molecule has 0 spiro atoms. The number of aromatic carboxylic acids is 1. The smallest absolute Gasteiger partial charge is 0.336 e. The van der Waals surface area contributed by atoms with Crippen molar-refractivity contribution in [1.82, 2.24) is 19.7 Å². The van der Waals surface area contributed by atoms with Gasteiger partial charge < -0.3 is 14.6 Å². The Bertz CT molecular complexity index is 1060. The molecule has 0 aliphatic rings. The van der Waals surface area contributed by atoms with Crippen molar-refractivity contribution in [2.24, 2.45) is 0 Å². The van der Waals surface area contributed by atoms with Crippen LogP contribution < -0.4 is 0 Å². The van der Waals surface area contributed by atoms with Crippen molar-refractivity contribution in [3.05, 3.63) is 65.4 Å². The lowest BCUT2D eigenvalue weighted by atomic mass is 10.0. The van der Waals surface area contributed by atoms with Crippen molar-refractivity contribution >= 4 is 5.97 Å². The number of hydrogen-bond acceptors (Lipinski definition) is 6. The number of unbranched alkanes of at least 4 members (excludes halogenated alkanes) is 1. The van der Waals surface area contributed by atoms with E-state index in [0.29, 0.717) is 30.0 Å². The topological polar surface area (TPSA) is 99.4 Å². The van der Waals surface area contributed by atoms with Crippen molar-refractivity contribution in [2.75, 3.05) is 14.2 Å². The lowest BCUT2D eigenvalue weighted by molar-refractivity contribution is -0.226. The van der Waals surface area contributed by atoms with Crippen molar-refractivity contribution in [3.8, 4) is 11.3 Å². The number of benzene rings is 1. The average Bonchev–Trinajstić information content (AvgIpc) is 3.23. The molecule has 3 rings (SSSR count). The first kappa shape index (κ1) is 24.5. The van der Waals surface area contributed by atoms with Gasteiger partial charge in [0.2, 0.25) is 11.6 Å². The number of ether oxygens (including phenoxy) is 2. The van der Waals surface area contributed by atoms with Crippen LogP contribution in [0.4, 0.5) is 0 Å². The van der Waals surface area contributed by atoms with Gasteiger partial charge in [-0.25, -0.2) is 14.5 Å². The first-order chi connectivity index (χ1) is 16.0. The maximum atomic E-state index is 11.5. The van der Waals surface area contributed by atoms with Gasteiger partial charge in [-0.05, 0) is 30.5 Å². The second kappa shape index (κ2) is 11.2. The molecule has 8 heteroatoms. The van der Waals surface area contributed by atoms with Crippen LogP contribution in [0.3, 0.4) is 0 Å². The fourth-order valence-corrected chi connectivity index (χ4v) is 3.81. The molecule has 0 saturated heterocycles. The molecule has 0 amide bonds. The van der Waals surface area contributed by atoms with Gasteiger partial charge in [-0.1, -0.05) is 44.5 Å². The number of aromatic nitrogens is 4. The molecule has 0 bridgehead atoms. The Balaban J connectivity index is 1.89. The van der Waals surface area contributed by atoms with Crippen molar-refractivity contribution in [1.29, 1.82) is 0 Å². The van der Waals surface area contributed by atoms with Crippen LogP contribution in [0.15, 0.2) is 42.6 Å². The fourth-order valence-electron chi connectivity index (χ4n) is 3.81. The zero-order valence-electron chi connectivity index (χ0n) is 19.7. The minimum absolute atomic E-state index is 0.228. The molecule has 176 valence electrons. The zero-order chi connectivity index (χ0) is 23.8. The van der Waals surface area contributed by atoms with Crippen molar-refractivity contribution in [3.63, 3.8) is 0 Å². The minimum atomic E-state index is -0.973. The largest absolute Gasteiger partial charge is 0.478 e. The van der Waals surface area contributed by atoms with E-state index in [0.717, 1.165) is 37.1 Å². The summed E-state index contributed by atoms with van der Waals surface area (Å²) in [5, 5.41) is 14.2. The normalized spacial score (nSPS) is 11.6. The second-order valence-corrected chi connectivity index (χ2v) is 7.93. The predicted molar refractivity (Wildman–Crippen MR) is 125 cm³/mol. The highest BCUT2D eigenvalue weighted by molar-refractivity contribution is 5.95. The lowest BCUT2D eigenvalue weighted by Crippen LogP contribution is -2.32. The third-order valence-corrected chi connectivity index (χ3v) is 5.67. The summed E-state index contributed by atoms with van der Waals surface area (Å²) in [4.78, 5) is 20.8. The summed E-state index contributed by atoms with van der Waals surface area (Å²) in [6, 6.07) is 10.6. The zero-order valence-corrected chi connectivity index (χ0v) is 19.7. The molecule has 0 aliphatic carbocycles. The Kier molecular flexibility index (Phi) is 8.30. The highest BCUT2D eigenvalue weighted by Gasteiger charge is 2.37. The molecule has 8 nitrogen and oxygen atoms in total. The van der Waals surface area contributed by atoms with E-state index < -0.39 is 11.8 Å². The maximum absolute atomic E-state index is 11.5. The maximum Gasteiger partial charge on any atom is 0.336 e. The minimum Gasteiger partial charge on any atom is -0.478 e. The molecule has 0 aliphatic heterocycles. The average molecular weight is 453 g/mol. The fraction of sp³-hybridized carbons (Fsp3) is 0.440. The number of hydrogen-bond donors (Lipinski definition) is 1. The number of rotatable bonds is 12. The van der Waals surface area contributed by atoms with Crippen LogP contribution in [-0.2, 0) is 28.2 Å². The molecular weight excluding hydrogens is 420 g/mol. The molecule has 33 heavy (non-hydrogen) atoms. The van der Waals surface area contributed by atoms with Crippen molar-refractivity contribution in [2.45, 2.75) is 58.3 Å². The van der Waals surface area contributed by atoms with Gasteiger partial charge in [0.05, 0.1) is 17.8 Å². The van der Waals surface area contributed by atoms with E-state index in [4.69, 9.17) is 19.6 Å². The number of methoxy groups -OCH3 is 2. The second-order valence-electron chi connectivity index (χ2n) is 7.93. The monoisotopic (exact) mass is 452 g/mol. The van der Waals surface area contributed by atoms with Gasteiger partial charge >= 0.3 is 5.97 Å². The first-order valence-corrected chi connectivity index (χ1v) is 11.3. The Hall–Kier alpha value is -3.10. The summed E-state index contributed by atoms with van der Waals surface area (Å²) in [5.74, 6) is -0.544. The third-order valence-electron chi connectivity index (χ3n) is 5.67. The molecule has 0 atom stereocenters. The number of carboxylic acid groups (broad SMARTS) is 1. The Labute approximate surface area is 194 Å². The van der Waals surface area contributed by atoms with Gasteiger partial charge in [0.15, 0.2) is 0 Å². The molecule has 0 radical (unpaired) electrons. The molecule has 0 saturated carbocycles. The third kappa shape index (κ3) is 5.46. The summed E-state index contributed by atoms with van der Waals surface area (Å²) in [6.07, 6.45) is 6.08. The van der Waals surface area contributed by atoms with Gasteiger partial charge in [-0.3, -0.25) is 4.98 Å². The van der Waals surface area contributed by atoms with Crippen LogP contribution in [0.5, 0.6) is 0 Å². The van der Waals surface area contributed by atoms with E-state index in [-0.39, 0.29) is 5.56 Å². The molecule has 2 aromatic heterocycles. The summed E-state index contributed by atoms with van der Waals surface area (Å²) in [5.41, 5.74) is 2.37. The highest BCUT2D eigenvalue weighted by atomic mass is 16.7. The van der Waals surface area contributed by atoms with Gasteiger partial charge in [0.1, 0.15) is 5.82 Å². The van der Waals surface area contributed by atoms with Crippen LogP contribution in [-0.4, -0.2) is 45.0 Å². The quantitative estimate of drug-likeness (QED) is 0.399. The van der Waals surface area contributed by atoms with E-state index in [1.807, 2.05) is 22.9 Å². The number of aryl methyl sites for hydroxylation is 1. The van der Waals surface area contributed by atoms with Gasteiger partial charge in [-0.15, -0.1) is 5.10 Å².